The second kappa shape index (κ2) is 17.9. The first kappa shape index (κ1) is 36.2. The van der Waals surface area contributed by atoms with Crippen LogP contribution < -0.4 is 0 Å². The minimum absolute atomic E-state index is 0.164. The second-order valence-corrected chi connectivity index (χ2v) is 11.2. The lowest BCUT2D eigenvalue weighted by Crippen LogP contribution is -2.48. The molecule has 1 saturated heterocycles. The van der Waals surface area contributed by atoms with Crippen LogP contribution in [-0.4, -0.2) is 98.5 Å². The molecule has 238 valence electrons. The number of halogens is 1. The zero-order chi connectivity index (χ0) is 32.8. The number of hydrogen-bond donors (Lipinski definition) is 5. The van der Waals surface area contributed by atoms with E-state index in [1.54, 1.807) is 23.9 Å². The van der Waals surface area contributed by atoms with Gasteiger partial charge in [-0.15, -0.1) is 0 Å². The molecule has 11 nitrogen and oxygen atoms in total. The SMILES string of the molecule is CC(C)c1ccc2c(c1)C(N1CCN(CCO)CC1)Cc1ccc(F)cc1S2.O=C(O)/C=C\C(=O)O.O=C(O)/C=C\C(=O)O. The summed E-state index contributed by atoms with van der Waals surface area (Å²) in [4.78, 5) is 45.4. The van der Waals surface area contributed by atoms with Crippen LogP contribution >= 0.6 is 11.8 Å². The Morgan fingerprint density at radius 3 is 1.86 bits per heavy atom. The third-order valence-corrected chi connectivity index (χ3v) is 7.91. The summed E-state index contributed by atoms with van der Waals surface area (Å²) in [7, 11) is 0. The fourth-order valence-corrected chi connectivity index (χ4v) is 5.70. The highest BCUT2D eigenvalue weighted by atomic mass is 32.2. The largest absolute Gasteiger partial charge is 0.478 e. The molecule has 0 radical (unpaired) electrons. The van der Waals surface area contributed by atoms with Crippen LogP contribution in [0.4, 0.5) is 4.39 Å². The van der Waals surface area contributed by atoms with Crippen molar-refractivity contribution in [1.82, 2.24) is 9.80 Å². The molecule has 0 saturated carbocycles. The Balaban J connectivity index is 0.000000349. The number of nitrogens with zero attached hydrogens (tertiary/aromatic N) is 2. The van der Waals surface area contributed by atoms with E-state index in [9.17, 15) is 28.7 Å². The van der Waals surface area contributed by atoms with Gasteiger partial charge in [0.15, 0.2) is 0 Å². The summed E-state index contributed by atoms with van der Waals surface area (Å²) in [5.74, 6) is -4.71. The molecule has 2 heterocycles. The lowest BCUT2D eigenvalue weighted by Gasteiger charge is -2.39. The van der Waals surface area contributed by atoms with Crippen molar-refractivity contribution in [2.75, 3.05) is 39.3 Å². The van der Waals surface area contributed by atoms with Crippen molar-refractivity contribution in [3.05, 3.63) is 83.2 Å². The Morgan fingerprint density at radius 2 is 1.39 bits per heavy atom. The second-order valence-electron chi connectivity index (χ2n) is 10.1. The molecule has 5 N–H and O–H groups in total. The third kappa shape index (κ3) is 12.3. The molecule has 2 aromatic rings. The van der Waals surface area contributed by atoms with Crippen molar-refractivity contribution in [3.8, 4) is 0 Å². The molecule has 0 spiro atoms. The van der Waals surface area contributed by atoms with Gasteiger partial charge >= 0.3 is 23.9 Å². The topological polar surface area (TPSA) is 176 Å². The van der Waals surface area contributed by atoms with Crippen molar-refractivity contribution in [2.45, 2.75) is 42.0 Å². The van der Waals surface area contributed by atoms with E-state index in [-0.39, 0.29) is 12.4 Å². The number of fused-ring (bicyclic) bond motifs is 2. The van der Waals surface area contributed by atoms with E-state index in [1.165, 1.54) is 21.6 Å². The molecule has 2 aliphatic heterocycles. The Morgan fingerprint density at radius 1 is 0.841 bits per heavy atom. The number of aliphatic hydroxyl groups is 1. The number of carbonyl (C=O) groups is 4. The van der Waals surface area contributed by atoms with Gasteiger partial charge in [0, 0.05) is 72.9 Å². The average Bonchev–Trinajstić information content (AvgIpc) is 3.12. The molecule has 0 amide bonds. The fraction of sp³-hybridized carbons (Fsp3) is 0.355. The van der Waals surface area contributed by atoms with E-state index in [0.29, 0.717) is 36.3 Å². The third-order valence-electron chi connectivity index (χ3n) is 6.72. The lowest BCUT2D eigenvalue weighted by atomic mass is 9.93. The van der Waals surface area contributed by atoms with E-state index >= 15 is 0 Å². The molecule has 0 aromatic heterocycles. The lowest BCUT2D eigenvalue weighted by molar-refractivity contribution is -0.134. The Kier molecular flexibility index (Phi) is 14.7. The molecule has 1 fully saturated rings. The summed E-state index contributed by atoms with van der Waals surface area (Å²) in [6.45, 7) is 9.41. The first-order chi connectivity index (χ1) is 20.8. The van der Waals surface area contributed by atoms with Crippen molar-refractivity contribution in [3.63, 3.8) is 0 Å². The Bertz CT molecular complexity index is 1310. The fourth-order valence-electron chi connectivity index (χ4n) is 4.56. The van der Waals surface area contributed by atoms with Crippen LogP contribution in [0.2, 0.25) is 0 Å². The number of carboxylic acid groups (broad SMARTS) is 4. The van der Waals surface area contributed by atoms with Gasteiger partial charge < -0.3 is 25.5 Å². The quantitative estimate of drug-likeness (QED) is 0.267. The number of hydrogen-bond acceptors (Lipinski definition) is 8. The number of carboxylic acids is 4. The van der Waals surface area contributed by atoms with E-state index in [0.717, 1.165) is 44.0 Å². The first-order valence-corrected chi connectivity index (χ1v) is 14.6. The maximum atomic E-state index is 13.9. The maximum Gasteiger partial charge on any atom is 0.328 e. The molecule has 1 atom stereocenters. The molecular weight excluding hydrogens is 595 g/mol. The van der Waals surface area contributed by atoms with Crippen LogP contribution in [0.1, 0.15) is 42.5 Å². The number of rotatable bonds is 8. The van der Waals surface area contributed by atoms with Crippen molar-refractivity contribution in [1.29, 1.82) is 0 Å². The smallest absolute Gasteiger partial charge is 0.328 e. The van der Waals surface area contributed by atoms with Gasteiger partial charge in [-0.25, -0.2) is 23.6 Å². The van der Waals surface area contributed by atoms with E-state index < -0.39 is 23.9 Å². The molecule has 2 aliphatic rings. The van der Waals surface area contributed by atoms with Gasteiger partial charge in [0.25, 0.3) is 0 Å². The normalized spacial score (nSPS) is 16.6. The van der Waals surface area contributed by atoms with E-state index in [4.69, 9.17) is 20.4 Å². The molecule has 13 heteroatoms. The van der Waals surface area contributed by atoms with Crippen molar-refractivity contribution < 1.29 is 49.1 Å². The van der Waals surface area contributed by atoms with Gasteiger partial charge in [-0.1, -0.05) is 43.8 Å². The van der Waals surface area contributed by atoms with E-state index in [2.05, 4.69) is 41.8 Å². The van der Waals surface area contributed by atoms with Crippen molar-refractivity contribution >= 4 is 35.6 Å². The molecular formula is C31H37FN2O9S. The summed E-state index contributed by atoms with van der Waals surface area (Å²) >= 11 is 1.70. The average molecular weight is 633 g/mol. The highest BCUT2D eigenvalue weighted by molar-refractivity contribution is 7.99. The van der Waals surface area contributed by atoms with Crippen LogP contribution in [0, 0.1) is 5.82 Å². The van der Waals surface area contributed by atoms with Gasteiger partial charge in [0.1, 0.15) is 5.82 Å². The van der Waals surface area contributed by atoms with Crippen LogP contribution in [0.15, 0.2) is 70.5 Å². The molecule has 4 rings (SSSR count). The molecule has 44 heavy (non-hydrogen) atoms. The first-order valence-electron chi connectivity index (χ1n) is 13.8. The minimum Gasteiger partial charge on any atom is -0.478 e. The molecule has 0 bridgehead atoms. The minimum atomic E-state index is -1.26. The summed E-state index contributed by atoms with van der Waals surface area (Å²) in [5, 5.41) is 40.5. The summed E-state index contributed by atoms with van der Waals surface area (Å²) < 4.78 is 13.9. The van der Waals surface area contributed by atoms with Crippen LogP contribution in [0.3, 0.4) is 0 Å². The highest BCUT2D eigenvalue weighted by Gasteiger charge is 2.30. The van der Waals surface area contributed by atoms with Crippen LogP contribution in [0.25, 0.3) is 0 Å². The van der Waals surface area contributed by atoms with Gasteiger partial charge in [0.05, 0.1) is 6.61 Å². The summed E-state index contributed by atoms with van der Waals surface area (Å²) in [6.07, 6.45) is 3.15. The highest BCUT2D eigenvalue weighted by Crippen LogP contribution is 2.44. The van der Waals surface area contributed by atoms with Gasteiger partial charge in [-0.2, -0.15) is 0 Å². The van der Waals surface area contributed by atoms with Gasteiger partial charge in [-0.3, -0.25) is 9.80 Å². The molecule has 2 aromatic carbocycles. The van der Waals surface area contributed by atoms with Gasteiger partial charge in [-0.05, 0) is 47.2 Å². The Hall–Kier alpha value is -4.04. The summed E-state index contributed by atoms with van der Waals surface area (Å²) in [6, 6.07) is 12.4. The molecule has 1 unspecified atom stereocenters. The monoisotopic (exact) mass is 632 g/mol. The number of piperazine rings is 1. The van der Waals surface area contributed by atoms with Crippen LogP contribution in [0.5, 0.6) is 0 Å². The standard InChI is InChI=1S/C23H29FN2OS.2C4H4O4/c1-16(2)17-4-6-22-20(13-17)21(26-9-7-25(8-10-26)11-12-27)14-18-3-5-19(24)15-23(18)28-22;2*5-3(6)1-2-4(7)8/h3-6,13,15-16,21,27H,7-12,14H2,1-2H3;2*1-2H,(H,5,6)(H,7,8)/b;2*2-1-. The summed E-state index contributed by atoms with van der Waals surface area (Å²) in [5.41, 5.74) is 3.97. The predicted molar refractivity (Wildman–Crippen MR) is 161 cm³/mol. The number of β-amino-alcohol motifs (C(OH)–C–C–N with tert-alkyl or cyclic N) is 1. The van der Waals surface area contributed by atoms with E-state index in [1.807, 2.05) is 6.07 Å². The maximum absolute atomic E-state index is 13.9. The number of benzene rings is 2. The number of aliphatic hydroxyl groups excluding tert-OH is 1. The zero-order valence-electron chi connectivity index (χ0n) is 24.4. The van der Waals surface area contributed by atoms with Crippen molar-refractivity contribution in [2.24, 2.45) is 0 Å². The molecule has 0 aliphatic carbocycles. The predicted octanol–water partition coefficient (Wildman–Crippen LogP) is 3.73. The number of aliphatic carboxylic acids is 4. The Labute approximate surface area is 258 Å². The zero-order valence-corrected chi connectivity index (χ0v) is 25.2. The van der Waals surface area contributed by atoms with Gasteiger partial charge in [0.2, 0.25) is 0 Å². The van der Waals surface area contributed by atoms with Crippen LogP contribution in [-0.2, 0) is 25.6 Å².